The summed E-state index contributed by atoms with van der Waals surface area (Å²) < 4.78 is 0. The lowest BCUT2D eigenvalue weighted by atomic mass is 9.65. The van der Waals surface area contributed by atoms with Gasteiger partial charge in [0.05, 0.1) is 0 Å². The third kappa shape index (κ3) is 1.89. The van der Waals surface area contributed by atoms with Crippen LogP contribution in [0.5, 0.6) is 0 Å². The molecule has 16 heavy (non-hydrogen) atoms. The Labute approximate surface area is 101 Å². The van der Waals surface area contributed by atoms with Crippen LogP contribution >= 0.6 is 0 Å². The Kier molecular flexibility index (Phi) is 4.07. The van der Waals surface area contributed by atoms with Gasteiger partial charge in [0.2, 0.25) is 0 Å². The van der Waals surface area contributed by atoms with Crippen molar-refractivity contribution in [3.05, 3.63) is 0 Å². The molecule has 1 fully saturated rings. The molecule has 1 saturated carbocycles. The van der Waals surface area contributed by atoms with E-state index in [9.17, 15) is 5.11 Å². The molecule has 92 valence electrons. The molecule has 0 aromatic heterocycles. The number of hydrogen-bond acceptors (Lipinski definition) is 1. The van der Waals surface area contributed by atoms with Crippen molar-refractivity contribution in [1.29, 1.82) is 0 Å². The largest absolute Gasteiger partial charge is 0.377 e. The Morgan fingerprint density at radius 1 is 1.44 bits per heavy atom. The van der Waals surface area contributed by atoms with Gasteiger partial charge in [0.15, 0.2) is 0 Å². The molecular weight excluding hydrogens is 196 g/mol. The summed E-state index contributed by atoms with van der Waals surface area (Å²) in [5.41, 5.74) is -0.796. The molecule has 0 aliphatic heterocycles. The Morgan fingerprint density at radius 2 is 2.06 bits per heavy atom. The zero-order valence-electron chi connectivity index (χ0n) is 11.4. The number of aliphatic hydroxyl groups is 1. The van der Waals surface area contributed by atoms with Crippen LogP contribution in [0.3, 0.4) is 0 Å². The van der Waals surface area contributed by atoms with Crippen molar-refractivity contribution in [1.82, 2.24) is 0 Å². The third-order valence-corrected chi connectivity index (χ3v) is 4.98. The summed E-state index contributed by atoms with van der Waals surface area (Å²) in [4.78, 5) is 0. The normalized spacial score (nSPS) is 40.2. The summed E-state index contributed by atoms with van der Waals surface area (Å²) >= 11 is 0. The van der Waals surface area contributed by atoms with Crippen molar-refractivity contribution in [3.63, 3.8) is 0 Å². The Morgan fingerprint density at radius 3 is 2.50 bits per heavy atom. The molecule has 1 aliphatic carbocycles. The molecule has 4 atom stereocenters. The third-order valence-electron chi connectivity index (χ3n) is 4.98. The predicted molar refractivity (Wildman–Crippen MR) is 69.0 cm³/mol. The van der Waals surface area contributed by atoms with Crippen LogP contribution < -0.4 is 0 Å². The second-order valence-corrected chi connectivity index (χ2v) is 5.54. The highest BCUT2D eigenvalue weighted by Crippen LogP contribution is 2.55. The molecule has 0 amide bonds. The smallest absolute Gasteiger partial charge is 0.131 e. The highest BCUT2D eigenvalue weighted by molar-refractivity contribution is 5.23. The lowest BCUT2D eigenvalue weighted by Crippen LogP contribution is -2.45. The fraction of sp³-hybridized carbons (Fsp3) is 0.867. The second-order valence-electron chi connectivity index (χ2n) is 5.54. The van der Waals surface area contributed by atoms with Gasteiger partial charge in [0.25, 0.3) is 0 Å². The molecule has 1 heteroatoms. The van der Waals surface area contributed by atoms with Crippen LogP contribution in [0.4, 0.5) is 0 Å². The first-order valence-electron chi connectivity index (χ1n) is 6.61. The standard InChI is InChI=1S/C15H26O/c1-6-10-15(16)11-9-13(12(4)7-2)14(15,5)8-3/h12-13,16H,7-9,11H2,1-5H3. The van der Waals surface area contributed by atoms with Crippen LogP contribution in [0, 0.1) is 29.1 Å². The first-order valence-corrected chi connectivity index (χ1v) is 6.61. The lowest BCUT2D eigenvalue weighted by molar-refractivity contribution is -0.0342. The molecule has 1 N–H and O–H groups in total. The molecule has 0 bridgehead atoms. The van der Waals surface area contributed by atoms with Gasteiger partial charge in [-0.25, -0.2) is 0 Å². The SMILES string of the molecule is CC#CC1(O)CCC(C(C)CC)C1(C)CC. The Bertz CT molecular complexity index is 298. The molecule has 4 unspecified atom stereocenters. The van der Waals surface area contributed by atoms with Gasteiger partial charge in [-0.1, -0.05) is 40.0 Å². The topological polar surface area (TPSA) is 20.2 Å². The number of hydrogen-bond donors (Lipinski definition) is 1. The average Bonchev–Trinajstić information content (AvgIpc) is 2.52. The van der Waals surface area contributed by atoms with Crippen molar-refractivity contribution in [3.8, 4) is 11.8 Å². The lowest BCUT2D eigenvalue weighted by Gasteiger charge is -2.41. The highest BCUT2D eigenvalue weighted by atomic mass is 16.3. The Balaban J connectivity index is 3.06. The number of rotatable bonds is 3. The monoisotopic (exact) mass is 222 g/mol. The van der Waals surface area contributed by atoms with Crippen LogP contribution in [-0.2, 0) is 0 Å². The van der Waals surface area contributed by atoms with Crippen molar-refractivity contribution in [2.45, 2.75) is 65.9 Å². The van der Waals surface area contributed by atoms with E-state index in [1.54, 1.807) is 0 Å². The maximum atomic E-state index is 10.8. The van der Waals surface area contributed by atoms with Crippen LogP contribution in [0.2, 0.25) is 0 Å². The van der Waals surface area contributed by atoms with Gasteiger partial charge >= 0.3 is 0 Å². The molecule has 0 saturated heterocycles. The van der Waals surface area contributed by atoms with Gasteiger partial charge in [-0.2, -0.15) is 0 Å². The van der Waals surface area contributed by atoms with E-state index in [0.717, 1.165) is 19.3 Å². The van der Waals surface area contributed by atoms with Crippen LogP contribution in [-0.4, -0.2) is 10.7 Å². The molecule has 1 aliphatic rings. The zero-order chi connectivity index (χ0) is 12.4. The first kappa shape index (κ1) is 13.6. The van der Waals surface area contributed by atoms with E-state index in [4.69, 9.17) is 0 Å². The van der Waals surface area contributed by atoms with Crippen LogP contribution in [0.1, 0.15) is 60.3 Å². The average molecular weight is 222 g/mol. The molecule has 0 aromatic carbocycles. The van der Waals surface area contributed by atoms with E-state index in [1.165, 1.54) is 6.42 Å². The fourth-order valence-corrected chi connectivity index (χ4v) is 3.44. The van der Waals surface area contributed by atoms with Crippen LogP contribution in [0.15, 0.2) is 0 Å². The maximum absolute atomic E-state index is 10.8. The summed E-state index contributed by atoms with van der Waals surface area (Å²) in [7, 11) is 0. The van der Waals surface area contributed by atoms with E-state index < -0.39 is 5.60 Å². The maximum Gasteiger partial charge on any atom is 0.131 e. The first-order chi connectivity index (χ1) is 7.45. The molecule has 1 nitrogen and oxygen atoms in total. The van der Waals surface area contributed by atoms with Gasteiger partial charge < -0.3 is 5.11 Å². The van der Waals surface area contributed by atoms with E-state index >= 15 is 0 Å². The minimum atomic E-state index is -0.759. The van der Waals surface area contributed by atoms with Gasteiger partial charge in [-0.05, 0) is 38.0 Å². The summed E-state index contributed by atoms with van der Waals surface area (Å²) in [6, 6.07) is 0. The van der Waals surface area contributed by atoms with E-state index in [1.807, 2.05) is 6.92 Å². The minimum Gasteiger partial charge on any atom is -0.377 e. The quantitative estimate of drug-likeness (QED) is 0.723. The zero-order valence-corrected chi connectivity index (χ0v) is 11.4. The molecule has 0 spiro atoms. The predicted octanol–water partition coefficient (Wildman–Crippen LogP) is 3.61. The minimum absolute atomic E-state index is 0.0363. The fourth-order valence-electron chi connectivity index (χ4n) is 3.44. The summed E-state index contributed by atoms with van der Waals surface area (Å²) in [5.74, 6) is 7.28. The van der Waals surface area contributed by atoms with Gasteiger partial charge in [0.1, 0.15) is 5.60 Å². The molecular formula is C15H26O. The van der Waals surface area contributed by atoms with Gasteiger partial charge in [-0.15, -0.1) is 5.92 Å². The molecule has 0 aromatic rings. The molecule has 0 heterocycles. The van der Waals surface area contributed by atoms with Crippen molar-refractivity contribution < 1.29 is 5.11 Å². The highest BCUT2D eigenvalue weighted by Gasteiger charge is 2.55. The summed E-state index contributed by atoms with van der Waals surface area (Å²) in [5, 5.41) is 10.8. The van der Waals surface area contributed by atoms with E-state index in [2.05, 4.69) is 39.5 Å². The van der Waals surface area contributed by atoms with E-state index in [0.29, 0.717) is 11.8 Å². The van der Waals surface area contributed by atoms with Crippen molar-refractivity contribution in [2.75, 3.05) is 0 Å². The molecule has 0 radical (unpaired) electrons. The summed E-state index contributed by atoms with van der Waals surface area (Å²) in [6.07, 6.45) is 4.15. The van der Waals surface area contributed by atoms with Gasteiger partial charge in [-0.3, -0.25) is 0 Å². The van der Waals surface area contributed by atoms with E-state index in [-0.39, 0.29) is 5.41 Å². The van der Waals surface area contributed by atoms with Crippen molar-refractivity contribution >= 4 is 0 Å². The molecule has 1 rings (SSSR count). The Hall–Kier alpha value is -0.480. The van der Waals surface area contributed by atoms with Crippen LogP contribution in [0.25, 0.3) is 0 Å². The summed E-state index contributed by atoms with van der Waals surface area (Å²) in [6.45, 7) is 10.8. The van der Waals surface area contributed by atoms with Gasteiger partial charge in [0, 0.05) is 5.41 Å². The van der Waals surface area contributed by atoms with Crippen molar-refractivity contribution in [2.24, 2.45) is 17.3 Å². The second kappa shape index (κ2) is 4.80.